The van der Waals surface area contributed by atoms with E-state index in [-0.39, 0.29) is 18.7 Å². The largest absolute Gasteiger partial charge is 0.478 e. The molecule has 17 heavy (non-hydrogen) atoms. The number of aromatic carboxylic acids is 1. The van der Waals surface area contributed by atoms with Gasteiger partial charge in [0.25, 0.3) is 0 Å². The van der Waals surface area contributed by atoms with Crippen molar-refractivity contribution in [2.75, 3.05) is 6.61 Å². The Morgan fingerprint density at radius 2 is 2.12 bits per heavy atom. The second-order valence-electron chi connectivity index (χ2n) is 3.85. The van der Waals surface area contributed by atoms with Crippen LogP contribution in [-0.4, -0.2) is 38.6 Å². The van der Waals surface area contributed by atoms with Crippen LogP contribution in [0.5, 0.6) is 0 Å². The van der Waals surface area contributed by atoms with Gasteiger partial charge in [0.05, 0.1) is 30.3 Å². The van der Waals surface area contributed by atoms with Gasteiger partial charge >= 0.3 is 5.97 Å². The molecule has 3 N–H and O–H groups in total. The Bertz CT molecular complexity index is 546. The standard InChI is InChI=1S/C12H13NO4/c14-7-9(15)6-13-5-4-8-2-1-3-10(11(8)13)12(16)17/h1-5,9,14-15H,6-7H2,(H,16,17). The lowest BCUT2D eigenvalue weighted by atomic mass is 10.1. The number of hydrogen-bond acceptors (Lipinski definition) is 3. The molecule has 0 bridgehead atoms. The van der Waals surface area contributed by atoms with Gasteiger partial charge in [0.15, 0.2) is 0 Å². The number of hydrogen-bond donors (Lipinski definition) is 3. The summed E-state index contributed by atoms with van der Waals surface area (Å²) in [7, 11) is 0. The molecule has 0 aliphatic rings. The van der Waals surface area contributed by atoms with Crippen LogP contribution in [0.4, 0.5) is 0 Å². The molecule has 5 heteroatoms. The number of aliphatic hydroxyl groups is 2. The van der Waals surface area contributed by atoms with Crippen molar-refractivity contribution in [2.24, 2.45) is 0 Å². The Labute approximate surface area is 97.5 Å². The monoisotopic (exact) mass is 235 g/mol. The summed E-state index contributed by atoms with van der Waals surface area (Å²) in [5, 5.41) is 28.1. The fourth-order valence-electron chi connectivity index (χ4n) is 1.87. The van der Waals surface area contributed by atoms with E-state index in [9.17, 15) is 9.90 Å². The number of fused-ring (bicyclic) bond motifs is 1. The van der Waals surface area contributed by atoms with Gasteiger partial charge in [-0.25, -0.2) is 4.79 Å². The maximum absolute atomic E-state index is 11.1. The van der Waals surface area contributed by atoms with Gasteiger partial charge in [-0.1, -0.05) is 12.1 Å². The minimum absolute atomic E-state index is 0.171. The Balaban J connectivity index is 2.53. The van der Waals surface area contributed by atoms with E-state index < -0.39 is 12.1 Å². The topological polar surface area (TPSA) is 82.7 Å². The van der Waals surface area contributed by atoms with Crippen molar-refractivity contribution in [1.29, 1.82) is 0 Å². The van der Waals surface area contributed by atoms with E-state index in [4.69, 9.17) is 10.2 Å². The average molecular weight is 235 g/mol. The number of rotatable bonds is 4. The molecule has 1 aromatic heterocycles. The van der Waals surface area contributed by atoms with Crippen LogP contribution in [0.25, 0.3) is 10.9 Å². The summed E-state index contributed by atoms with van der Waals surface area (Å²) >= 11 is 0. The molecule has 0 aliphatic heterocycles. The molecule has 1 aromatic carbocycles. The number of carboxylic acids is 1. The molecule has 2 aromatic rings. The molecule has 0 saturated heterocycles. The van der Waals surface area contributed by atoms with Gasteiger partial charge in [-0.05, 0) is 12.1 Å². The van der Waals surface area contributed by atoms with Gasteiger partial charge in [-0.2, -0.15) is 0 Å². The smallest absolute Gasteiger partial charge is 0.337 e. The lowest BCUT2D eigenvalue weighted by Crippen LogP contribution is -2.19. The van der Waals surface area contributed by atoms with E-state index in [0.717, 1.165) is 5.39 Å². The highest BCUT2D eigenvalue weighted by Crippen LogP contribution is 2.20. The summed E-state index contributed by atoms with van der Waals surface area (Å²) in [5.41, 5.74) is 0.755. The molecule has 0 spiro atoms. The zero-order valence-electron chi connectivity index (χ0n) is 9.08. The van der Waals surface area contributed by atoms with Crippen molar-refractivity contribution in [3.05, 3.63) is 36.0 Å². The average Bonchev–Trinajstić information content (AvgIpc) is 2.72. The van der Waals surface area contributed by atoms with E-state index in [0.29, 0.717) is 5.52 Å². The number of aromatic nitrogens is 1. The SMILES string of the molecule is O=C(O)c1cccc2ccn(CC(O)CO)c12. The summed E-state index contributed by atoms with van der Waals surface area (Å²) in [5.74, 6) is -1.01. The van der Waals surface area contributed by atoms with Crippen LogP contribution in [0.15, 0.2) is 30.5 Å². The van der Waals surface area contributed by atoms with E-state index in [1.165, 1.54) is 6.07 Å². The highest BCUT2D eigenvalue weighted by Gasteiger charge is 2.13. The van der Waals surface area contributed by atoms with E-state index in [1.807, 2.05) is 6.07 Å². The highest BCUT2D eigenvalue weighted by atomic mass is 16.4. The van der Waals surface area contributed by atoms with Crippen molar-refractivity contribution >= 4 is 16.9 Å². The van der Waals surface area contributed by atoms with Crippen molar-refractivity contribution in [3.8, 4) is 0 Å². The fourth-order valence-corrected chi connectivity index (χ4v) is 1.87. The maximum atomic E-state index is 11.1. The molecule has 0 aliphatic carbocycles. The molecule has 0 saturated carbocycles. The van der Waals surface area contributed by atoms with Crippen LogP contribution < -0.4 is 0 Å². The van der Waals surface area contributed by atoms with Crippen molar-refractivity contribution < 1.29 is 20.1 Å². The normalized spacial score (nSPS) is 12.8. The van der Waals surface area contributed by atoms with Crippen molar-refractivity contribution in [2.45, 2.75) is 12.6 Å². The van der Waals surface area contributed by atoms with E-state index in [2.05, 4.69) is 0 Å². The molecular weight excluding hydrogens is 222 g/mol. The van der Waals surface area contributed by atoms with Gasteiger partial charge in [0.1, 0.15) is 0 Å². The molecule has 0 fully saturated rings. The first-order chi connectivity index (χ1) is 8.13. The minimum Gasteiger partial charge on any atom is -0.478 e. The number of para-hydroxylation sites is 1. The van der Waals surface area contributed by atoms with Crippen molar-refractivity contribution in [1.82, 2.24) is 4.57 Å². The van der Waals surface area contributed by atoms with Gasteiger partial charge in [-0.15, -0.1) is 0 Å². The summed E-state index contributed by atoms with van der Waals surface area (Å²) in [4.78, 5) is 11.1. The number of carboxylic acid groups (broad SMARTS) is 1. The molecule has 0 amide bonds. The first kappa shape index (κ1) is 11.6. The summed E-state index contributed by atoms with van der Waals surface area (Å²) < 4.78 is 1.64. The lowest BCUT2D eigenvalue weighted by molar-refractivity contribution is 0.0696. The Kier molecular flexibility index (Phi) is 3.12. The Hall–Kier alpha value is -1.85. The fraction of sp³-hybridized carbons (Fsp3) is 0.250. The second kappa shape index (κ2) is 4.57. The van der Waals surface area contributed by atoms with E-state index >= 15 is 0 Å². The predicted octanol–water partition coefficient (Wildman–Crippen LogP) is 0.693. The third-order valence-corrected chi connectivity index (χ3v) is 2.64. The van der Waals surface area contributed by atoms with Gasteiger partial charge in [0.2, 0.25) is 0 Å². The molecule has 1 unspecified atom stereocenters. The number of carbonyl (C=O) groups is 1. The Morgan fingerprint density at radius 1 is 1.35 bits per heavy atom. The third-order valence-electron chi connectivity index (χ3n) is 2.64. The van der Waals surface area contributed by atoms with Crippen LogP contribution in [0.1, 0.15) is 10.4 Å². The lowest BCUT2D eigenvalue weighted by Gasteiger charge is -2.11. The third kappa shape index (κ3) is 2.15. The zero-order valence-corrected chi connectivity index (χ0v) is 9.08. The van der Waals surface area contributed by atoms with Crippen LogP contribution in [0, 0.1) is 0 Å². The first-order valence-electron chi connectivity index (χ1n) is 5.23. The van der Waals surface area contributed by atoms with Crippen molar-refractivity contribution in [3.63, 3.8) is 0 Å². The molecule has 1 heterocycles. The molecular formula is C12H13NO4. The predicted molar refractivity (Wildman–Crippen MR) is 62.0 cm³/mol. The highest BCUT2D eigenvalue weighted by molar-refractivity contribution is 6.02. The summed E-state index contributed by atoms with van der Waals surface area (Å²) in [6, 6.07) is 6.79. The Morgan fingerprint density at radius 3 is 2.76 bits per heavy atom. The molecule has 5 nitrogen and oxygen atoms in total. The van der Waals surface area contributed by atoms with Gasteiger partial charge in [0, 0.05) is 11.6 Å². The van der Waals surface area contributed by atoms with Gasteiger partial charge in [-0.3, -0.25) is 0 Å². The van der Waals surface area contributed by atoms with E-state index in [1.54, 1.807) is 22.9 Å². The van der Waals surface area contributed by atoms with Crippen LogP contribution in [0.2, 0.25) is 0 Å². The number of nitrogens with zero attached hydrogens (tertiary/aromatic N) is 1. The van der Waals surface area contributed by atoms with Crippen LogP contribution in [0.3, 0.4) is 0 Å². The quantitative estimate of drug-likeness (QED) is 0.728. The summed E-state index contributed by atoms with van der Waals surface area (Å²) in [6.45, 7) is -0.181. The number of benzene rings is 1. The summed E-state index contributed by atoms with van der Waals surface area (Å²) in [6.07, 6.45) is 0.808. The van der Waals surface area contributed by atoms with Crippen LogP contribution >= 0.6 is 0 Å². The first-order valence-corrected chi connectivity index (χ1v) is 5.23. The second-order valence-corrected chi connectivity index (χ2v) is 3.85. The molecule has 90 valence electrons. The minimum atomic E-state index is -1.01. The number of aliphatic hydroxyl groups excluding tert-OH is 2. The molecule has 1 atom stereocenters. The molecule has 0 radical (unpaired) electrons. The zero-order chi connectivity index (χ0) is 12.4. The van der Waals surface area contributed by atoms with Crippen LogP contribution in [-0.2, 0) is 6.54 Å². The maximum Gasteiger partial charge on any atom is 0.337 e. The molecule has 2 rings (SSSR count). The van der Waals surface area contributed by atoms with Gasteiger partial charge < -0.3 is 19.9 Å².